The van der Waals surface area contributed by atoms with E-state index in [-0.39, 0.29) is 5.91 Å². The van der Waals surface area contributed by atoms with Crippen molar-refractivity contribution in [3.8, 4) is 0 Å². The van der Waals surface area contributed by atoms with Crippen LogP contribution < -0.4 is 11.3 Å². The summed E-state index contributed by atoms with van der Waals surface area (Å²) in [4.78, 5) is 14.0. The van der Waals surface area contributed by atoms with Crippen molar-refractivity contribution in [2.45, 2.75) is 6.04 Å². The van der Waals surface area contributed by atoms with Gasteiger partial charge in [-0.3, -0.25) is 10.6 Å². The molecular formula is C12H17N3O2. The van der Waals surface area contributed by atoms with Gasteiger partial charge in [0.25, 0.3) is 0 Å². The van der Waals surface area contributed by atoms with E-state index in [0.29, 0.717) is 26.3 Å². The van der Waals surface area contributed by atoms with Gasteiger partial charge in [-0.1, -0.05) is 30.3 Å². The minimum absolute atomic E-state index is 0.00185. The topological polar surface area (TPSA) is 67.6 Å². The van der Waals surface area contributed by atoms with Crippen molar-refractivity contribution in [1.82, 2.24) is 10.3 Å². The molecule has 17 heavy (non-hydrogen) atoms. The van der Waals surface area contributed by atoms with Gasteiger partial charge in [0.15, 0.2) is 0 Å². The minimum Gasteiger partial charge on any atom is -0.378 e. The molecular weight excluding hydrogens is 218 g/mol. The lowest BCUT2D eigenvalue weighted by Crippen LogP contribution is -2.47. The first-order valence-electron chi connectivity index (χ1n) is 5.70. The fourth-order valence-electron chi connectivity index (χ4n) is 1.92. The van der Waals surface area contributed by atoms with Gasteiger partial charge in [0, 0.05) is 13.1 Å². The fraction of sp³-hybridized carbons (Fsp3) is 0.417. The van der Waals surface area contributed by atoms with E-state index in [4.69, 9.17) is 10.6 Å². The van der Waals surface area contributed by atoms with Crippen LogP contribution in [0.4, 0.5) is 0 Å². The number of nitrogens with two attached hydrogens (primary N) is 1. The summed E-state index contributed by atoms with van der Waals surface area (Å²) < 4.78 is 5.22. The highest BCUT2D eigenvalue weighted by Crippen LogP contribution is 2.15. The van der Waals surface area contributed by atoms with E-state index >= 15 is 0 Å². The number of rotatable bonds is 3. The molecule has 0 aromatic heterocycles. The number of nitrogens with zero attached hydrogens (tertiary/aromatic N) is 1. The Bertz CT molecular complexity index is 363. The normalized spacial score (nSPS) is 17.8. The lowest BCUT2D eigenvalue weighted by atomic mass is 10.1. The van der Waals surface area contributed by atoms with E-state index in [2.05, 4.69) is 5.43 Å². The molecule has 1 aliphatic rings. The zero-order chi connectivity index (χ0) is 12.1. The number of amides is 1. The van der Waals surface area contributed by atoms with Crippen molar-refractivity contribution in [2.75, 3.05) is 26.3 Å². The molecule has 1 aliphatic heterocycles. The second-order valence-corrected chi connectivity index (χ2v) is 3.95. The van der Waals surface area contributed by atoms with Gasteiger partial charge in [-0.2, -0.15) is 0 Å². The molecule has 2 rings (SSSR count). The van der Waals surface area contributed by atoms with E-state index in [0.717, 1.165) is 5.56 Å². The molecule has 1 heterocycles. The van der Waals surface area contributed by atoms with Gasteiger partial charge in [-0.15, -0.1) is 0 Å². The van der Waals surface area contributed by atoms with Crippen LogP contribution in [0.25, 0.3) is 0 Å². The first-order chi connectivity index (χ1) is 8.33. The summed E-state index contributed by atoms with van der Waals surface area (Å²) >= 11 is 0. The van der Waals surface area contributed by atoms with Crippen LogP contribution in [0.3, 0.4) is 0 Å². The molecule has 1 aromatic rings. The number of ether oxygens (including phenoxy) is 1. The SMILES string of the molecule is NN[C@H](C(=O)N1CCOCC1)c1ccccc1. The third-order valence-electron chi connectivity index (χ3n) is 2.87. The number of hydrogen-bond donors (Lipinski definition) is 2. The van der Waals surface area contributed by atoms with Crippen molar-refractivity contribution in [3.63, 3.8) is 0 Å². The molecule has 0 spiro atoms. The van der Waals surface area contributed by atoms with Gasteiger partial charge < -0.3 is 9.64 Å². The van der Waals surface area contributed by atoms with Gasteiger partial charge >= 0.3 is 0 Å². The molecule has 0 bridgehead atoms. The van der Waals surface area contributed by atoms with Gasteiger partial charge in [0.2, 0.25) is 5.91 Å². The largest absolute Gasteiger partial charge is 0.378 e. The van der Waals surface area contributed by atoms with Crippen LogP contribution in [0.15, 0.2) is 30.3 Å². The Kier molecular flexibility index (Phi) is 4.08. The molecule has 0 saturated carbocycles. The lowest BCUT2D eigenvalue weighted by molar-refractivity contribution is -0.137. The van der Waals surface area contributed by atoms with Gasteiger partial charge in [-0.25, -0.2) is 5.43 Å². The van der Waals surface area contributed by atoms with E-state index in [1.54, 1.807) is 4.90 Å². The number of carbonyl (C=O) groups excluding carboxylic acids is 1. The molecule has 1 aromatic carbocycles. The van der Waals surface area contributed by atoms with Gasteiger partial charge in [-0.05, 0) is 5.56 Å². The van der Waals surface area contributed by atoms with Gasteiger partial charge in [0.1, 0.15) is 6.04 Å². The summed E-state index contributed by atoms with van der Waals surface area (Å²) in [7, 11) is 0. The molecule has 92 valence electrons. The Morgan fingerprint density at radius 1 is 1.29 bits per heavy atom. The number of benzene rings is 1. The van der Waals surface area contributed by atoms with Crippen LogP contribution in [-0.2, 0) is 9.53 Å². The van der Waals surface area contributed by atoms with Crippen LogP contribution in [0.5, 0.6) is 0 Å². The number of morpholine rings is 1. The number of carbonyl (C=O) groups is 1. The second-order valence-electron chi connectivity index (χ2n) is 3.95. The van der Waals surface area contributed by atoms with Crippen LogP contribution in [0.2, 0.25) is 0 Å². The summed E-state index contributed by atoms with van der Waals surface area (Å²) in [5.74, 6) is 5.49. The molecule has 3 N–H and O–H groups in total. The average Bonchev–Trinajstić information content (AvgIpc) is 2.42. The Morgan fingerprint density at radius 3 is 2.53 bits per heavy atom. The highest BCUT2D eigenvalue weighted by Gasteiger charge is 2.25. The predicted octanol–water partition coefficient (Wildman–Crippen LogP) is 0.0498. The molecule has 1 saturated heterocycles. The quantitative estimate of drug-likeness (QED) is 0.574. The molecule has 0 radical (unpaired) electrons. The van der Waals surface area contributed by atoms with Crippen molar-refractivity contribution in [2.24, 2.45) is 5.84 Å². The Labute approximate surface area is 101 Å². The minimum atomic E-state index is -0.478. The molecule has 1 fully saturated rings. The maximum atomic E-state index is 12.3. The van der Waals surface area contributed by atoms with E-state index in [1.165, 1.54) is 0 Å². The highest BCUT2D eigenvalue weighted by molar-refractivity contribution is 5.83. The average molecular weight is 235 g/mol. The molecule has 0 unspecified atom stereocenters. The molecule has 5 heteroatoms. The summed E-state index contributed by atoms with van der Waals surface area (Å²) in [6.45, 7) is 2.45. The first kappa shape index (κ1) is 12.0. The fourth-order valence-corrected chi connectivity index (χ4v) is 1.92. The van der Waals surface area contributed by atoms with Crippen molar-refractivity contribution < 1.29 is 9.53 Å². The third kappa shape index (κ3) is 2.82. The van der Waals surface area contributed by atoms with Gasteiger partial charge in [0.05, 0.1) is 13.2 Å². The van der Waals surface area contributed by atoms with E-state index < -0.39 is 6.04 Å². The molecule has 5 nitrogen and oxygen atoms in total. The monoisotopic (exact) mass is 235 g/mol. The molecule has 0 aliphatic carbocycles. The highest BCUT2D eigenvalue weighted by atomic mass is 16.5. The Morgan fingerprint density at radius 2 is 1.94 bits per heavy atom. The second kappa shape index (κ2) is 5.77. The van der Waals surface area contributed by atoms with Crippen molar-refractivity contribution >= 4 is 5.91 Å². The smallest absolute Gasteiger partial charge is 0.245 e. The zero-order valence-corrected chi connectivity index (χ0v) is 9.63. The first-order valence-corrected chi connectivity index (χ1v) is 5.70. The van der Waals surface area contributed by atoms with Crippen LogP contribution in [-0.4, -0.2) is 37.1 Å². The third-order valence-corrected chi connectivity index (χ3v) is 2.87. The zero-order valence-electron chi connectivity index (χ0n) is 9.63. The summed E-state index contributed by atoms with van der Waals surface area (Å²) in [5, 5.41) is 0. The lowest BCUT2D eigenvalue weighted by Gasteiger charge is -2.30. The van der Waals surface area contributed by atoms with E-state index in [9.17, 15) is 4.79 Å². The van der Waals surface area contributed by atoms with Crippen LogP contribution in [0.1, 0.15) is 11.6 Å². The maximum Gasteiger partial charge on any atom is 0.245 e. The predicted molar refractivity (Wildman–Crippen MR) is 63.9 cm³/mol. The van der Waals surface area contributed by atoms with Crippen molar-refractivity contribution in [1.29, 1.82) is 0 Å². The Balaban J connectivity index is 2.10. The number of nitrogens with one attached hydrogen (secondary N) is 1. The number of hydrazine groups is 1. The molecule has 1 amide bonds. The van der Waals surface area contributed by atoms with E-state index in [1.807, 2.05) is 30.3 Å². The standard InChI is InChI=1S/C12H17N3O2/c13-14-11(10-4-2-1-3-5-10)12(16)15-6-8-17-9-7-15/h1-5,11,14H,6-9,13H2/t11-/m0/s1. The van der Waals surface area contributed by atoms with Crippen molar-refractivity contribution in [3.05, 3.63) is 35.9 Å². The Hall–Kier alpha value is -1.43. The van der Waals surface area contributed by atoms with Crippen LogP contribution in [0, 0.1) is 0 Å². The van der Waals surface area contributed by atoms with Crippen LogP contribution >= 0.6 is 0 Å². The number of hydrogen-bond acceptors (Lipinski definition) is 4. The summed E-state index contributed by atoms with van der Waals surface area (Å²) in [6, 6.07) is 9.01. The maximum absolute atomic E-state index is 12.3. The molecule has 1 atom stereocenters. The summed E-state index contributed by atoms with van der Waals surface area (Å²) in [6.07, 6.45) is 0. The summed E-state index contributed by atoms with van der Waals surface area (Å²) in [5.41, 5.74) is 3.46.